The zero-order valence-electron chi connectivity index (χ0n) is 10.4. The smallest absolute Gasteiger partial charge is 0.213 e. The predicted molar refractivity (Wildman–Crippen MR) is 73.8 cm³/mol. The molecule has 20 heavy (non-hydrogen) atoms. The van der Waals surface area contributed by atoms with Crippen LogP contribution in [0.15, 0.2) is 48.8 Å². The molecule has 0 fully saturated rings. The van der Waals surface area contributed by atoms with E-state index in [2.05, 4.69) is 9.97 Å². The SMILES string of the molecule is Nc1c(C(=O)c2ccc(F)cn2)ccc2cccnc12. The molecule has 3 aromatic rings. The number of rotatable bonds is 2. The number of hydrogen-bond donors (Lipinski definition) is 1. The molecule has 1 aromatic carbocycles. The highest BCUT2D eigenvalue weighted by atomic mass is 19.1. The van der Waals surface area contributed by atoms with Gasteiger partial charge in [0.1, 0.15) is 11.5 Å². The van der Waals surface area contributed by atoms with Crippen molar-refractivity contribution in [3.8, 4) is 0 Å². The van der Waals surface area contributed by atoms with Crippen LogP contribution in [-0.4, -0.2) is 15.8 Å². The summed E-state index contributed by atoms with van der Waals surface area (Å²) in [5.74, 6) is -0.843. The van der Waals surface area contributed by atoms with Crippen molar-refractivity contribution in [1.82, 2.24) is 9.97 Å². The normalized spacial score (nSPS) is 10.7. The summed E-state index contributed by atoms with van der Waals surface area (Å²) in [7, 11) is 0. The number of nitrogens with zero attached hydrogens (tertiary/aromatic N) is 2. The Morgan fingerprint density at radius 2 is 1.95 bits per heavy atom. The second-order valence-corrected chi connectivity index (χ2v) is 4.29. The Balaban J connectivity index is 2.12. The molecule has 0 saturated heterocycles. The Hall–Kier alpha value is -2.82. The minimum Gasteiger partial charge on any atom is -0.396 e. The van der Waals surface area contributed by atoms with Crippen LogP contribution in [0, 0.1) is 5.82 Å². The molecule has 0 saturated carbocycles. The second-order valence-electron chi connectivity index (χ2n) is 4.29. The lowest BCUT2D eigenvalue weighted by molar-refractivity contribution is 0.103. The summed E-state index contributed by atoms with van der Waals surface area (Å²) in [6.45, 7) is 0. The number of halogens is 1. The average Bonchev–Trinajstić information content (AvgIpc) is 2.48. The van der Waals surface area contributed by atoms with Crippen molar-refractivity contribution in [2.45, 2.75) is 0 Å². The van der Waals surface area contributed by atoms with E-state index < -0.39 is 5.82 Å². The molecule has 2 N–H and O–H groups in total. The average molecular weight is 267 g/mol. The fourth-order valence-corrected chi connectivity index (χ4v) is 2.01. The van der Waals surface area contributed by atoms with E-state index in [1.165, 1.54) is 12.1 Å². The molecule has 0 amide bonds. The molecule has 0 radical (unpaired) electrons. The fraction of sp³-hybridized carbons (Fsp3) is 0. The van der Waals surface area contributed by atoms with Gasteiger partial charge in [0.15, 0.2) is 0 Å². The molecule has 0 aliphatic rings. The van der Waals surface area contributed by atoms with Crippen molar-refractivity contribution in [3.63, 3.8) is 0 Å². The minimum absolute atomic E-state index is 0.147. The zero-order chi connectivity index (χ0) is 14.1. The molecule has 2 heterocycles. The van der Waals surface area contributed by atoms with Gasteiger partial charge >= 0.3 is 0 Å². The molecular formula is C15H10FN3O. The Morgan fingerprint density at radius 3 is 2.70 bits per heavy atom. The van der Waals surface area contributed by atoms with Gasteiger partial charge in [-0.1, -0.05) is 12.1 Å². The van der Waals surface area contributed by atoms with Crippen molar-refractivity contribution in [2.75, 3.05) is 5.73 Å². The van der Waals surface area contributed by atoms with Gasteiger partial charge in [-0.15, -0.1) is 0 Å². The van der Waals surface area contributed by atoms with Crippen LogP contribution in [-0.2, 0) is 0 Å². The number of carbonyl (C=O) groups excluding carboxylic acids is 1. The van der Waals surface area contributed by atoms with Crippen LogP contribution >= 0.6 is 0 Å². The van der Waals surface area contributed by atoms with Gasteiger partial charge < -0.3 is 5.73 Å². The number of hydrogen-bond acceptors (Lipinski definition) is 4. The molecule has 2 aromatic heterocycles. The van der Waals surface area contributed by atoms with E-state index in [1.54, 1.807) is 24.4 Å². The molecule has 0 atom stereocenters. The summed E-state index contributed by atoms with van der Waals surface area (Å²) in [5.41, 5.74) is 7.34. The van der Waals surface area contributed by atoms with E-state index in [1.807, 2.05) is 6.07 Å². The van der Waals surface area contributed by atoms with E-state index in [-0.39, 0.29) is 11.5 Å². The summed E-state index contributed by atoms with van der Waals surface area (Å²) in [6, 6.07) is 9.59. The van der Waals surface area contributed by atoms with Gasteiger partial charge in [-0.3, -0.25) is 9.78 Å². The highest BCUT2D eigenvalue weighted by Gasteiger charge is 2.16. The van der Waals surface area contributed by atoms with Gasteiger partial charge in [0.25, 0.3) is 0 Å². The molecule has 5 heteroatoms. The molecule has 3 rings (SSSR count). The minimum atomic E-state index is -0.491. The van der Waals surface area contributed by atoms with Crippen molar-refractivity contribution < 1.29 is 9.18 Å². The van der Waals surface area contributed by atoms with Crippen molar-refractivity contribution >= 4 is 22.4 Å². The number of nitrogens with two attached hydrogens (primary N) is 1. The number of aromatic nitrogens is 2. The molecule has 4 nitrogen and oxygen atoms in total. The number of ketones is 1. The molecule has 98 valence electrons. The zero-order valence-corrected chi connectivity index (χ0v) is 10.4. The lowest BCUT2D eigenvalue weighted by atomic mass is 10.0. The molecule has 0 aliphatic heterocycles. The summed E-state index contributed by atoms with van der Waals surface area (Å²) in [5, 5.41) is 0.855. The van der Waals surface area contributed by atoms with E-state index in [0.717, 1.165) is 11.6 Å². The van der Waals surface area contributed by atoms with Crippen LogP contribution < -0.4 is 5.73 Å². The van der Waals surface area contributed by atoms with Crippen molar-refractivity contribution in [2.24, 2.45) is 0 Å². The first-order valence-corrected chi connectivity index (χ1v) is 5.96. The first-order chi connectivity index (χ1) is 9.66. The van der Waals surface area contributed by atoms with E-state index in [0.29, 0.717) is 16.8 Å². The highest BCUT2D eigenvalue weighted by molar-refractivity contribution is 6.14. The lowest BCUT2D eigenvalue weighted by Crippen LogP contribution is -2.08. The highest BCUT2D eigenvalue weighted by Crippen LogP contribution is 2.24. The monoisotopic (exact) mass is 267 g/mol. The lowest BCUT2D eigenvalue weighted by Gasteiger charge is -2.07. The number of carbonyl (C=O) groups is 1. The second kappa shape index (κ2) is 4.70. The number of benzene rings is 1. The molecule has 0 unspecified atom stereocenters. The van der Waals surface area contributed by atoms with E-state index in [4.69, 9.17) is 5.73 Å². The Morgan fingerprint density at radius 1 is 1.10 bits per heavy atom. The number of anilines is 1. The maximum atomic E-state index is 12.8. The van der Waals surface area contributed by atoms with Gasteiger partial charge in [-0.05, 0) is 24.3 Å². The quantitative estimate of drug-likeness (QED) is 0.572. The fourth-order valence-electron chi connectivity index (χ4n) is 2.01. The van der Waals surface area contributed by atoms with E-state index >= 15 is 0 Å². The van der Waals surface area contributed by atoms with Gasteiger partial charge in [0.2, 0.25) is 5.78 Å². The standard InChI is InChI=1S/C15H10FN3O/c16-10-4-6-12(19-8-10)15(20)11-5-3-9-2-1-7-18-14(9)13(11)17/h1-8H,17H2. The predicted octanol–water partition coefficient (Wildman–Crippen LogP) is 2.58. The first-order valence-electron chi connectivity index (χ1n) is 5.96. The van der Waals surface area contributed by atoms with Gasteiger partial charge in [0, 0.05) is 17.1 Å². The summed E-state index contributed by atoms with van der Waals surface area (Å²) in [6.07, 6.45) is 2.62. The first kappa shape index (κ1) is 12.2. The van der Waals surface area contributed by atoms with Gasteiger partial charge in [-0.2, -0.15) is 0 Å². The number of fused-ring (bicyclic) bond motifs is 1. The van der Waals surface area contributed by atoms with Crippen molar-refractivity contribution in [1.29, 1.82) is 0 Å². The number of nitrogen functional groups attached to an aromatic ring is 1. The third-order valence-corrected chi connectivity index (χ3v) is 3.02. The molecule has 0 aliphatic carbocycles. The number of pyridine rings is 2. The molecule has 0 bridgehead atoms. The topological polar surface area (TPSA) is 68.9 Å². The Labute approximate surface area is 114 Å². The van der Waals surface area contributed by atoms with Crippen LogP contribution in [0.4, 0.5) is 10.1 Å². The van der Waals surface area contributed by atoms with Crippen LogP contribution in [0.1, 0.15) is 16.1 Å². The van der Waals surface area contributed by atoms with Crippen LogP contribution in [0.3, 0.4) is 0 Å². The third-order valence-electron chi connectivity index (χ3n) is 3.02. The summed E-state index contributed by atoms with van der Waals surface area (Å²) < 4.78 is 12.8. The van der Waals surface area contributed by atoms with Gasteiger partial charge in [-0.25, -0.2) is 9.37 Å². The maximum Gasteiger partial charge on any atom is 0.213 e. The molecular weight excluding hydrogens is 257 g/mol. The van der Waals surface area contributed by atoms with Crippen LogP contribution in [0.2, 0.25) is 0 Å². The molecule has 0 spiro atoms. The third kappa shape index (κ3) is 1.99. The maximum absolute atomic E-state index is 12.8. The van der Waals surface area contributed by atoms with Gasteiger partial charge in [0.05, 0.1) is 17.4 Å². The summed E-state index contributed by atoms with van der Waals surface area (Å²) >= 11 is 0. The Bertz CT molecular complexity index is 800. The van der Waals surface area contributed by atoms with E-state index in [9.17, 15) is 9.18 Å². The van der Waals surface area contributed by atoms with Crippen molar-refractivity contribution in [3.05, 3.63) is 65.9 Å². The summed E-state index contributed by atoms with van der Waals surface area (Å²) in [4.78, 5) is 20.3. The van der Waals surface area contributed by atoms with Crippen LogP contribution in [0.5, 0.6) is 0 Å². The Kier molecular flexibility index (Phi) is 2.87. The largest absolute Gasteiger partial charge is 0.396 e. The van der Waals surface area contributed by atoms with Crippen LogP contribution in [0.25, 0.3) is 10.9 Å².